The highest BCUT2D eigenvalue weighted by Gasteiger charge is 2.34. The Morgan fingerprint density at radius 3 is 2.24 bits per heavy atom. The second kappa shape index (κ2) is 11.0. The van der Waals surface area contributed by atoms with E-state index in [1.165, 1.54) is 11.0 Å². The van der Waals surface area contributed by atoms with Crippen molar-refractivity contribution < 1.29 is 14.7 Å². The van der Waals surface area contributed by atoms with Crippen LogP contribution in [-0.2, 0) is 4.79 Å². The second-order valence-electron chi connectivity index (χ2n) is 8.05. The quantitative estimate of drug-likeness (QED) is 0.412. The van der Waals surface area contributed by atoms with E-state index in [9.17, 15) is 14.7 Å². The molecule has 3 rings (SSSR count). The molecule has 0 aliphatic carbocycles. The van der Waals surface area contributed by atoms with Gasteiger partial charge in [0.05, 0.1) is 5.56 Å². The number of amides is 2. The lowest BCUT2D eigenvalue weighted by Crippen LogP contribution is -2.42. The number of phenolic OH excluding ortho intramolecular Hbond substituents is 1. The number of carbonyl (C=O) groups excluding carboxylic acids is 2. The molecular weight excluding hydrogens is 436 g/mol. The summed E-state index contributed by atoms with van der Waals surface area (Å²) in [5.41, 5.74) is 3.24. The van der Waals surface area contributed by atoms with Crippen molar-refractivity contribution in [1.29, 1.82) is 0 Å². The average molecular weight is 465 g/mol. The summed E-state index contributed by atoms with van der Waals surface area (Å²) in [5, 5.41) is 13.8. The molecule has 1 atom stereocenters. The SMILES string of the molecule is CCCCN(C(=O)c1ccccc1O)C(C(=O)Nc1c(C)cccc1C)c1ccccc1Cl. The molecule has 0 bridgehead atoms. The number of phenols is 1. The average Bonchev–Trinajstić information content (AvgIpc) is 2.80. The van der Waals surface area contributed by atoms with Crippen LogP contribution in [0.1, 0.15) is 52.9 Å². The Kier molecular flexibility index (Phi) is 8.12. The minimum Gasteiger partial charge on any atom is -0.507 e. The third-order valence-electron chi connectivity index (χ3n) is 5.64. The van der Waals surface area contributed by atoms with E-state index in [2.05, 4.69) is 5.32 Å². The topological polar surface area (TPSA) is 69.6 Å². The predicted molar refractivity (Wildman–Crippen MR) is 133 cm³/mol. The smallest absolute Gasteiger partial charge is 0.258 e. The fourth-order valence-electron chi connectivity index (χ4n) is 3.84. The zero-order chi connectivity index (χ0) is 24.0. The number of aryl methyl sites for hydroxylation is 2. The monoisotopic (exact) mass is 464 g/mol. The molecule has 2 amide bonds. The number of unbranched alkanes of at least 4 members (excludes halogenated alkanes) is 1. The molecule has 0 aromatic heterocycles. The Morgan fingerprint density at radius 1 is 0.970 bits per heavy atom. The van der Waals surface area contributed by atoms with Crippen LogP contribution >= 0.6 is 11.6 Å². The van der Waals surface area contributed by atoms with Crippen LogP contribution in [0.5, 0.6) is 5.75 Å². The van der Waals surface area contributed by atoms with Crippen molar-refractivity contribution in [1.82, 2.24) is 4.90 Å². The lowest BCUT2D eigenvalue weighted by molar-refractivity contribution is -0.120. The maximum atomic E-state index is 13.8. The van der Waals surface area contributed by atoms with Gasteiger partial charge in [-0.3, -0.25) is 9.59 Å². The van der Waals surface area contributed by atoms with Crippen molar-refractivity contribution in [3.05, 3.63) is 94.0 Å². The molecular formula is C27H29ClN2O3. The molecule has 33 heavy (non-hydrogen) atoms. The molecule has 3 aromatic carbocycles. The van der Waals surface area contributed by atoms with Gasteiger partial charge in [-0.25, -0.2) is 0 Å². The minimum atomic E-state index is -0.976. The Hall–Kier alpha value is -3.31. The van der Waals surface area contributed by atoms with Crippen molar-refractivity contribution in [2.45, 2.75) is 39.7 Å². The van der Waals surface area contributed by atoms with Crippen molar-refractivity contribution in [3.63, 3.8) is 0 Å². The summed E-state index contributed by atoms with van der Waals surface area (Å²) >= 11 is 6.52. The lowest BCUT2D eigenvalue weighted by atomic mass is 10.0. The number of nitrogens with zero attached hydrogens (tertiary/aromatic N) is 1. The highest BCUT2D eigenvalue weighted by molar-refractivity contribution is 6.31. The van der Waals surface area contributed by atoms with Crippen molar-refractivity contribution in [2.75, 3.05) is 11.9 Å². The molecule has 0 heterocycles. The molecule has 3 aromatic rings. The fourth-order valence-corrected chi connectivity index (χ4v) is 4.08. The van der Waals surface area contributed by atoms with Crippen LogP contribution in [0.15, 0.2) is 66.7 Å². The highest BCUT2D eigenvalue weighted by atomic mass is 35.5. The van der Waals surface area contributed by atoms with E-state index in [-0.39, 0.29) is 17.2 Å². The van der Waals surface area contributed by atoms with Gasteiger partial charge in [0.15, 0.2) is 0 Å². The number of benzene rings is 3. The van der Waals surface area contributed by atoms with Crippen LogP contribution in [0.3, 0.4) is 0 Å². The van der Waals surface area contributed by atoms with Crippen LogP contribution < -0.4 is 5.32 Å². The van der Waals surface area contributed by atoms with Crippen LogP contribution in [0.2, 0.25) is 5.02 Å². The van der Waals surface area contributed by atoms with Crippen molar-refractivity contribution in [2.24, 2.45) is 0 Å². The third-order valence-corrected chi connectivity index (χ3v) is 5.98. The van der Waals surface area contributed by atoms with Gasteiger partial charge in [0, 0.05) is 22.8 Å². The van der Waals surface area contributed by atoms with Gasteiger partial charge in [-0.1, -0.05) is 73.5 Å². The number of rotatable bonds is 8. The van der Waals surface area contributed by atoms with Crippen LogP contribution in [0, 0.1) is 13.8 Å². The van der Waals surface area contributed by atoms with Crippen LogP contribution in [-0.4, -0.2) is 28.4 Å². The van der Waals surface area contributed by atoms with Gasteiger partial charge in [-0.15, -0.1) is 0 Å². The van der Waals surface area contributed by atoms with Gasteiger partial charge in [0.25, 0.3) is 11.8 Å². The summed E-state index contributed by atoms with van der Waals surface area (Å²) in [7, 11) is 0. The van der Waals surface area contributed by atoms with E-state index in [1.807, 2.05) is 39.0 Å². The molecule has 0 aliphatic heterocycles. The Morgan fingerprint density at radius 2 is 1.61 bits per heavy atom. The Labute approximate surface area is 200 Å². The third kappa shape index (κ3) is 5.55. The van der Waals surface area contributed by atoms with Gasteiger partial charge in [-0.05, 0) is 49.6 Å². The number of carbonyl (C=O) groups is 2. The van der Waals surface area contributed by atoms with Crippen molar-refractivity contribution in [3.8, 4) is 5.75 Å². The van der Waals surface area contributed by atoms with E-state index in [0.717, 1.165) is 17.5 Å². The van der Waals surface area contributed by atoms with E-state index < -0.39 is 11.9 Å². The molecule has 6 heteroatoms. The Balaban J connectivity index is 2.11. The fraction of sp³-hybridized carbons (Fsp3) is 0.259. The molecule has 0 fully saturated rings. The van der Waals surface area contributed by atoms with E-state index in [1.54, 1.807) is 42.5 Å². The van der Waals surface area contributed by atoms with Gasteiger partial charge >= 0.3 is 0 Å². The molecule has 5 nitrogen and oxygen atoms in total. The first-order valence-electron chi connectivity index (χ1n) is 11.1. The first-order valence-corrected chi connectivity index (χ1v) is 11.4. The molecule has 0 spiro atoms. The van der Waals surface area contributed by atoms with Gasteiger partial charge in [0.1, 0.15) is 11.8 Å². The zero-order valence-corrected chi connectivity index (χ0v) is 19.9. The number of hydrogen-bond donors (Lipinski definition) is 2. The highest BCUT2D eigenvalue weighted by Crippen LogP contribution is 2.32. The predicted octanol–water partition coefficient (Wildman–Crippen LogP) is 6.28. The van der Waals surface area contributed by atoms with Crippen molar-refractivity contribution >= 4 is 29.1 Å². The molecule has 172 valence electrons. The largest absolute Gasteiger partial charge is 0.507 e. The second-order valence-corrected chi connectivity index (χ2v) is 8.46. The van der Waals surface area contributed by atoms with E-state index in [4.69, 9.17) is 11.6 Å². The first kappa shape index (κ1) is 24.3. The first-order chi connectivity index (χ1) is 15.8. The van der Waals surface area contributed by atoms with Crippen LogP contribution in [0.25, 0.3) is 0 Å². The molecule has 1 unspecified atom stereocenters. The van der Waals surface area contributed by atoms with Crippen LogP contribution in [0.4, 0.5) is 5.69 Å². The minimum absolute atomic E-state index is 0.128. The summed E-state index contributed by atoms with van der Waals surface area (Å²) < 4.78 is 0. The standard InChI is InChI=1S/C27H29ClN2O3/c1-4-5-17-30(27(33)21-14-7-9-16-23(21)31)25(20-13-6-8-15-22(20)28)26(32)29-24-18(2)11-10-12-19(24)3/h6-16,25,31H,4-5,17H2,1-3H3,(H,29,32). The number of aromatic hydroxyl groups is 1. The molecule has 0 saturated carbocycles. The summed E-state index contributed by atoms with van der Waals surface area (Å²) in [5.74, 6) is -0.916. The number of nitrogens with one attached hydrogen (secondary N) is 1. The van der Waals surface area contributed by atoms with Gasteiger partial charge in [-0.2, -0.15) is 0 Å². The molecule has 2 N–H and O–H groups in total. The zero-order valence-electron chi connectivity index (χ0n) is 19.1. The lowest BCUT2D eigenvalue weighted by Gasteiger charge is -2.32. The molecule has 0 radical (unpaired) electrons. The Bertz CT molecular complexity index is 1130. The maximum Gasteiger partial charge on any atom is 0.258 e. The summed E-state index contributed by atoms with van der Waals surface area (Å²) in [6, 6.07) is 18.2. The maximum absolute atomic E-state index is 13.8. The molecule has 0 aliphatic rings. The number of halogens is 1. The summed E-state index contributed by atoms with van der Waals surface area (Å²) in [4.78, 5) is 28.9. The van der Waals surface area contributed by atoms with E-state index in [0.29, 0.717) is 29.2 Å². The summed E-state index contributed by atoms with van der Waals surface area (Å²) in [6.45, 7) is 6.20. The van der Waals surface area contributed by atoms with Gasteiger partial charge < -0.3 is 15.3 Å². The number of para-hydroxylation sites is 2. The number of hydrogen-bond acceptors (Lipinski definition) is 3. The van der Waals surface area contributed by atoms with E-state index >= 15 is 0 Å². The molecule has 0 saturated heterocycles. The normalized spacial score (nSPS) is 11.6. The van der Waals surface area contributed by atoms with Gasteiger partial charge in [0.2, 0.25) is 0 Å². The summed E-state index contributed by atoms with van der Waals surface area (Å²) in [6.07, 6.45) is 1.52. The number of anilines is 1.